The molecule has 0 fully saturated rings. The lowest BCUT2D eigenvalue weighted by Gasteiger charge is -2.03. The number of benzene rings is 1. The number of nitrogen functional groups attached to an aromatic ring is 1. The molecule has 2 aromatic rings. The van der Waals surface area contributed by atoms with E-state index in [2.05, 4.69) is 11.9 Å². The second kappa shape index (κ2) is 5.06. The van der Waals surface area contributed by atoms with Gasteiger partial charge < -0.3 is 5.73 Å². The first-order valence-electron chi connectivity index (χ1n) is 5.17. The maximum absolute atomic E-state index is 12.9. The van der Waals surface area contributed by atoms with Crippen molar-refractivity contribution in [2.24, 2.45) is 0 Å². The van der Waals surface area contributed by atoms with Crippen LogP contribution in [-0.2, 0) is 5.75 Å². The number of hydrogen-bond acceptors (Lipinski definition) is 4. The van der Waals surface area contributed by atoms with Gasteiger partial charge >= 0.3 is 0 Å². The maximum atomic E-state index is 12.9. The molecule has 0 bridgehead atoms. The minimum Gasteiger partial charge on any atom is -0.398 e. The zero-order valence-corrected chi connectivity index (χ0v) is 11.3. The molecule has 0 saturated heterocycles. The Bertz CT molecular complexity index is 518. The first-order valence-corrected chi connectivity index (χ1v) is 6.97. The Morgan fingerprint density at radius 3 is 2.76 bits per heavy atom. The van der Waals surface area contributed by atoms with E-state index >= 15 is 0 Å². The quantitative estimate of drug-likeness (QED) is 0.680. The predicted molar refractivity (Wildman–Crippen MR) is 72.0 cm³/mol. The van der Waals surface area contributed by atoms with Gasteiger partial charge in [-0.2, -0.15) is 0 Å². The summed E-state index contributed by atoms with van der Waals surface area (Å²) in [6.45, 7) is 4.07. The van der Waals surface area contributed by atoms with E-state index in [1.54, 1.807) is 29.2 Å². The van der Waals surface area contributed by atoms with E-state index in [4.69, 9.17) is 5.73 Å². The number of anilines is 1. The fourth-order valence-electron chi connectivity index (χ4n) is 1.39. The normalized spacial score (nSPS) is 10.8. The molecule has 90 valence electrons. The average molecular weight is 268 g/mol. The Hall–Kier alpha value is -1.07. The zero-order chi connectivity index (χ0) is 12.4. The highest BCUT2D eigenvalue weighted by Gasteiger charge is 2.06. The van der Waals surface area contributed by atoms with E-state index in [0.29, 0.717) is 5.69 Å². The molecular weight excluding hydrogens is 255 g/mol. The highest BCUT2D eigenvalue weighted by molar-refractivity contribution is 7.98. The van der Waals surface area contributed by atoms with Crippen LogP contribution >= 0.6 is 23.1 Å². The number of aryl methyl sites for hydroxylation is 2. The Kier molecular flexibility index (Phi) is 3.69. The number of nitrogens with two attached hydrogens (primary N) is 1. The number of thiazole rings is 1. The van der Waals surface area contributed by atoms with Crippen molar-refractivity contribution >= 4 is 28.8 Å². The third kappa shape index (κ3) is 2.98. The van der Waals surface area contributed by atoms with Gasteiger partial charge in [0.25, 0.3) is 0 Å². The summed E-state index contributed by atoms with van der Waals surface area (Å²) in [5, 5.41) is 1.08. The van der Waals surface area contributed by atoms with Crippen molar-refractivity contribution in [2.45, 2.75) is 24.5 Å². The smallest absolute Gasteiger partial charge is 0.125 e. The van der Waals surface area contributed by atoms with Crippen molar-refractivity contribution in [2.75, 3.05) is 5.73 Å². The Morgan fingerprint density at radius 1 is 1.41 bits per heavy atom. The molecular formula is C12H13FN2S2. The van der Waals surface area contributed by atoms with E-state index in [1.165, 1.54) is 17.0 Å². The largest absolute Gasteiger partial charge is 0.398 e. The van der Waals surface area contributed by atoms with Crippen LogP contribution in [0.2, 0.25) is 0 Å². The minimum absolute atomic E-state index is 0.298. The molecule has 0 saturated carbocycles. The molecule has 0 aliphatic rings. The Balaban J connectivity index is 2.07. The third-order valence-electron chi connectivity index (χ3n) is 2.40. The molecule has 1 heterocycles. The summed E-state index contributed by atoms with van der Waals surface area (Å²) in [5.41, 5.74) is 7.31. The van der Waals surface area contributed by atoms with Gasteiger partial charge in [0, 0.05) is 15.5 Å². The summed E-state index contributed by atoms with van der Waals surface area (Å²) >= 11 is 3.28. The number of aromatic nitrogens is 1. The average Bonchev–Trinajstić information content (AvgIpc) is 2.57. The zero-order valence-electron chi connectivity index (χ0n) is 9.66. The van der Waals surface area contributed by atoms with Crippen LogP contribution in [0.5, 0.6) is 0 Å². The third-order valence-corrected chi connectivity index (χ3v) is 4.75. The number of hydrogen-bond donors (Lipinski definition) is 1. The lowest BCUT2D eigenvalue weighted by Crippen LogP contribution is -1.90. The number of halogens is 1. The van der Waals surface area contributed by atoms with Gasteiger partial charge in [0.1, 0.15) is 10.8 Å². The fourth-order valence-corrected chi connectivity index (χ4v) is 3.27. The molecule has 1 aromatic heterocycles. The van der Waals surface area contributed by atoms with Crippen LogP contribution in [0.3, 0.4) is 0 Å². The van der Waals surface area contributed by atoms with Crippen molar-refractivity contribution in [1.29, 1.82) is 0 Å². The van der Waals surface area contributed by atoms with Gasteiger partial charge in [0.05, 0.1) is 11.4 Å². The van der Waals surface area contributed by atoms with Crippen LogP contribution < -0.4 is 5.73 Å². The molecule has 0 aliphatic heterocycles. The van der Waals surface area contributed by atoms with Crippen LogP contribution in [0.15, 0.2) is 23.1 Å². The lowest BCUT2D eigenvalue weighted by molar-refractivity contribution is 0.627. The van der Waals surface area contributed by atoms with E-state index in [-0.39, 0.29) is 5.82 Å². The van der Waals surface area contributed by atoms with Crippen molar-refractivity contribution in [3.8, 4) is 0 Å². The molecule has 2 nitrogen and oxygen atoms in total. The summed E-state index contributed by atoms with van der Waals surface area (Å²) in [6, 6.07) is 4.49. The van der Waals surface area contributed by atoms with Crippen LogP contribution in [-0.4, -0.2) is 4.98 Å². The molecule has 0 atom stereocenters. The maximum Gasteiger partial charge on any atom is 0.125 e. The van der Waals surface area contributed by atoms with Crippen molar-refractivity contribution in [1.82, 2.24) is 4.98 Å². The minimum atomic E-state index is -0.298. The number of thioether (sulfide) groups is 1. The molecule has 2 N–H and O–H groups in total. The van der Waals surface area contributed by atoms with Crippen molar-refractivity contribution < 1.29 is 4.39 Å². The first kappa shape index (κ1) is 12.4. The Labute approximate surface area is 108 Å². The lowest BCUT2D eigenvalue weighted by atomic mass is 10.3. The second-order valence-electron chi connectivity index (χ2n) is 3.72. The molecule has 0 unspecified atom stereocenters. The van der Waals surface area contributed by atoms with Crippen LogP contribution in [0.4, 0.5) is 10.1 Å². The predicted octanol–water partition coefficient (Wildman–Crippen LogP) is 3.77. The number of rotatable bonds is 3. The fraction of sp³-hybridized carbons (Fsp3) is 0.250. The summed E-state index contributed by atoms with van der Waals surface area (Å²) < 4.78 is 12.9. The van der Waals surface area contributed by atoms with E-state index in [9.17, 15) is 4.39 Å². The molecule has 0 aliphatic carbocycles. The van der Waals surface area contributed by atoms with E-state index < -0.39 is 0 Å². The summed E-state index contributed by atoms with van der Waals surface area (Å²) in [5.74, 6) is 0.475. The van der Waals surface area contributed by atoms with Gasteiger partial charge in [-0.25, -0.2) is 9.37 Å². The molecule has 0 spiro atoms. The molecule has 2 rings (SSSR count). The number of nitrogens with zero attached hydrogens (tertiary/aromatic N) is 1. The monoisotopic (exact) mass is 268 g/mol. The van der Waals surface area contributed by atoms with Crippen LogP contribution in [0, 0.1) is 19.7 Å². The van der Waals surface area contributed by atoms with Gasteiger partial charge in [0.2, 0.25) is 0 Å². The van der Waals surface area contributed by atoms with Gasteiger partial charge in [-0.3, -0.25) is 0 Å². The van der Waals surface area contributed by atoms with Gasteiger partial charge in [-0.05, 0) is 32.0 Å². The SMILES string of the molecule is Cc1nc(CSc2ccc(F)cc2N)sc1C. The van der Waals surface area contributed by atoms with Crippen LogP contribution in [0.1, 0.15) is 15.6 Å². The van der Waals surface area contributed by atoms with Gasteiger partial charge in [-0.15, -0.1) is 23.1 Å². The molecule has 5 heteroatoms. The van der Waals surface area contributed by atoms with E-state index in [0.717, 1.165) is 21.3 Å². The van der Waals surface area contributed by atoms with Crippen molar-refractivity contribution in [3.05, 3.63) is 39.6 Å². The second-order valence-corrected chi connectivity index (χ2v) is 6.02. The summed E-state index contributed by atoms with van der Waals surface area (Å²) in [6.07, 6.45) is 0. The van der Waals surface area contributed by atoms with Crippen molar-refractivity contribution in [3.63, 3.8) is 0 Å². The van der Waals surface area contributed by atoms with Crippen LogP contribution in [0.25, 0.3) is 0 Å². The highest BCUT2D eigenvalue weighted by atomic mass is 32.2. The first-order chi connectivity index (χ1) is 8.06. The molecule has 17 heavy (non-hydrogen) atoms. The molecule has 0 amide bonds. The highest BCUT2D eigenvalue weighted by Crippen LogP contribution is 2.30. The molecule has 0 radical (unpaired) electrons. The van der Waals surface area contributed by atoms with Gasteiger partial charge in [0.15, 0.2) is 0 Å². The standard InChI is InChI=1S/C12H13FN2S2/c1-7-8(2)17-12(15-7)6-16-11-4-3-9(13)5-10(11)14/h3-5H,6,14H2,1-2H3. The van der Waals surface area contributed by atoms with E-state index in [1.807, 2.05) is 6.92 Å². The molecule has 1 aromatic carbocycles. The summed E-state index contributed by atoms with van der Waals surface area (Å²) in [4.78, 5) is 6.60. The summed E-state index contributed by atoms with van der Waals surface area (Å²) in [7, 11) is 0. The topological polar surface area (TPSA) is 38.9 Å². The Morgan fingerprint density at radius 2 is 2.18 bits per heavy atom. The van der Waals surface area contributed by atoms with Gasteiger partial charge in [-0.1, -0.05) is 0 Å².